The van der Waals surface area contributed by atoms with Crippen LogP contribution in [-0.4, -0.2) is 96.3 Å². The van der Waals surface area contributed by atoms with Crippen LogP contribution in [0.15, 0.2) is 203 Å². The third-order valence-corrected chi connectivity index (χ3v) is 19.5. The number of ether oxygens (including phenoxy) is 7. The summed E-state index contributed by atoms with van der Waals surface area (Å²) in [4.78, 5) is 59.5. The molecular formula is C62H63N5O12Si. The number of nitrogens with zero attached hydrogens (tertiary/aromatic N) is 3. The number of amides is 1. The Balaban J connectivity index is 1.03. The molecule has 6 aromatic carbocycles. The summed E-state index contributed by atoms with van der Waals surface area (Å²) in [6.45, 7) is 3.84. The number of anilines is 1. The van der Waals surface area contributed by atoms with Crippen LogP contribution in [0.5, 0.6) is 11.5 Å². The first-order valence-electron chi connectivity index (χ1n) is 26.5. The predicted octanol–water partition coefficient (Wildman–Crippen LogP) is 6.94. The summed E-state index contributed by atoms with van der Waals surface area (Å²) in [5.74, 6) is 0.896. The lowest BCUT2D eigenvalue weighted by molar-refractivity contribution is -0.234. The van der Waals surface area contributed by atoms with Crippen molar-refractivity contribution in [3.05, 3.63) is 247 Å². The summed E-state index contributed by atoms with van der Waals surface area (Å²) in [5.41, 5.74) is -0.277. The van der Waals surface area contributed by atoms with E-state index in [0.717, 1.165) is 16.7 Å². The molecule has 2 saturated heterocycles. The standard InChI is InChI=1S/C62H63N5O12Si/c1-41-39-67(61(72)65-57(41)69)54-37-50(68)56(78-54)59(75-35-36-80(4,48-21-13-7-14-22-48)49-23-15-8-16-24-49)76-40-52-51(38-55(77-52)66-34-33-53(64-60(66)71)63-58(70)42-17-9-5-10-18-42)79-62(43-19-11-6-12-20-43,44-25-29-46(73-2)30-26-44)45-27-31-47(74-3)32-28-45/h5-34,39,50-52,54-56,59,68H,35-38,40H2,1-4H3,(H,65,69,72)(H,63,64,70,71)/t50-,51-,52+,54+,55+,56-,59?/m0/s1. The second-order valence-corrected chi connectivity index (χ2v) is 24.4. The van der Waals surface area contributed by atoms with Gasteiger partial charge in [-0.25, -0.2) is 9.59 Å². The van der Waals surface area contributed by atoms with Crippen molar-refractivity contribution in [2.75, 3.05) is 32.8 Å². The molecule has 1 unspecified atom stereocenters. The number of aryl methyl sites for hydroxylation is 1. The van der Waals surface area contributed by atoms with Crippen LogP contribution in [0.4, 0.5) is 5.82 Å². The van der Waals surface area contributed by atoms with E-state index in [4.69, 9.17) is 33.2 Å². The van der Waals surface area contributed by atoms with E-state index in [9.17, 15) is 24.3 Å². The highest BCUT2D eigenvalue weighted by Crippen LogP contribution is 2.46. The number of methoxy groups -OCH3 is 2. The highest BCUT2D eigenvalue weighted by molar-refractivity contribution is 7.01. The Morgan fingerprint density at radius 1 is 0.725 bits per heavy atom. The quantitative estimate of drug-likeness (QED) is 0.0380. The summed E-state index contributed by atoms with van der Waals surface area (Å²) in [5, 5.41) is 17.1. The summed E-state index contributed by atoms with van der Waals surface area (Å²) < 4.78 is 48.7. The lowest BCUT2D eigenvalue weighted by Crippen LogP contribution is -2.56. The average Bonchev–Trinajstić information content (AvgIpc) is 4.12. The highest BCUT2D eigenvalue weighted by Gasteiger charge is 2.48. The van der Waals surface area contributed by atoms with Crippen molar-refractivity contribution < 1.29 is 43.1 Å². The minimum atomic E-state index is -2.47. The Kier molecular flexibility index (Phi) is 16.9. The van der Waals surface area contributed by atoms with E-state index < -0.39 is 79.7 Å². The van der Waals surface area contributed by atoms with E-state index in [-0.39, 0.29) is 37.4 Å². The number of benzene rings is 6. The van der Waals surface area contributed by atoms with Gasteiger partial charge in [0.1, 0.15) is 55.7 Å². The highest BCUT2D eigenvalue weighted by atomic mass is 28.3. The number of rotatable bonds is 21. The molecule has 0 radical (unpaired) electrons. The van der Waals surface area contributed by atoms with Crippen LogP contribution >= 0.6 is 0 Å². The molecule has 8 aromatic rings. The van der Waals surface area contributed by atoms with E-state index in [1.807, 2.05) is 115 Å². The second kappa shape index (κ2) is 24.5. The zero-order chi connectivity index (χ0) is 55.8. The molecule has 10 rings (SSSR count). The van der Waals surface area contributed by atoms with Crippen LogP contribution in [0.3, 0.4) is 0 Å². The third kappa shape index (κ3) is 11.8. The van der Waals surface area contributed by atoms with Crippen LogP contribution < -0.4 is 42.1 Å². The number of aliphatic hydroxyl groups excluding tert-OH is 1. The Bertz CT molecular complexity index is 3450. The number of H-pyrrole nitrogens is 1. The maximum Gasteiger partial charge on any atom is 0.351 e. The summed E-state index contributed by atoms with van der Waals surface area (Å²) in [6, 6.07) is 56.5. The zero-order valence-corrected chi connectivity index (χ0v) is 45.8. The van der Waals surface area contributed by atoms with Gasteiger partial charge < -0.3 is 43.6 Å². The molecule has 412 valence electrons. The van der Waals surface area contributed by atoms with Crippen LogP contribution in [0.1, 0.15) is 57.9 Å². The van der Waals surface area contributed by atoms with Gasteiger partial charge in [0.25, 0.3) is 11.5 Å². The van der Waals surface area contributed by atoms with Crippen molar-refractivity contribution in [3.63, 3.8) is 0 Å². The molecule has 2 aliphatic rings. The van der Waals surface area contributed by atoms with Crippen molar-refractivity contribution in [1.82, 2.24) is 19.1 Å². The van der Waals surface area contributed by atoms with E-state index in [2.05, 4.69) is 46.1 Å². The molecule has 3 N–H and O–H groups in total. The topological polar surface area (TPSA) is 204 Å². The van der Waals surface area contributed by atoms with Crippen molar-refractivity contribution >= 4 is 30.2 Å². The average molecular weight is 1100 g/mol. The smallest absolute Gasteiger partial charge is 0.351 e. The van der Waals surface area contributed by atoms with Crippen molar-refractivity contribution in [2.45, 2.75) is 81.1 Å². The molecule has 0 spiro atoms. The largest absolute Gasteiger partial charge is 0.497 e. The zero-order valence-electron chi connectivity index (χ0n) is 44.8. The number of aromatic amines is 1. The fourth-order valence-corrected chi connectivity index (χ4v) is 13.9. The molecule has 18 heteroatoms. The summed E-state index contributed by atoms with van der Waals surface area (Å²) in [7, 11) is 0.731. The normalized spacial score (nSPS) is 19.6. The van der Waals surface area contributed by atoms with Crippen molar-refractivity contribution in [3.8, 4) is 11.5 Å². The predicted molar refractivity (Wildman–Crippen MR) is 303 cm³/mol. The maximum atomic E-state index is 14.1. The van der Waals surface area contributed by atoms with Crippen LogP contribution in [0.25, 0.3) is 0 Å². The summed E-state index contributed by atoms with van der Waals surface area (Å²) >= 11 is 0. The minimum Gasteiger partial charge on any atom is -0.497 e. The van der Waals surface area contributed by atoms with Gasteiger partial charge in [-0.2, -0.15) is 4.98 Å². The first-order chi connectivity index (χ1) is 38.9. The molecule has 2 aromatic heterocycles. The van der Waals surface area contributed by atoms with Crippen LogP contribution in [-0.2, 0) is 29.3 Å². The van der Waals surface area contributed by atoms with Gasteiger partial charge in [-0.15, -0.1) is 0 Å². The first kappa shape index (κ1) is 55.2. The lowest BCUT2D eigenvalue weighted by Gasteiger charge is -2.39. The molecule has 0 saturated carbocycles. The maximum absolute atomic E-state index is 14.1. The molecule has 7 atom stereocenters. The van der Waals surface area contributed by atoms with Gasteiger partial charge in [0.05, 0.1) is 33.0 Å². The minimum absolute atomic E-state index is 0.0193. The van der Waals surface area contributed by atoms with Crippen molar-refractivity contribution in [1.29, 1.82) is 0 Å². The molecule has 2 aliphatic heterocycles. The van der Waals surface area contributed by atoms with Gasteiger partial charge in [-0.05, 0) is 72.1 Å². The molecule has 4 heterocycles. The third-order valence-electron chi connectivity index (χ3n) is 15.1. The fourth-order valence-electron chi connectivity index (χ4n) is 10.6. The Morgan fingerprint density at radius 2 is 1.27 bits per heavy atom. The summed E-state index contributed by atoms with van der Waals surface area (Å²) in [6.07, 6.45) is -4.31. The van der Waals surface area contributed by atoms with Gasteiger partial charge in [0, 0.05) is 43.0 Å². The van der Waals surface area contributed by atoms with Gasteiger partial charge in [0.2, 0.25) is 0 Å². The van der Waals surface area contributed by atoms with Gasteiger partial charge in [-0.3, -0.25) is 23.7 Å². The number of hydrogen-bond donors (Lipinski definition) is 3. The molecular weight excluding hydrogens is 1030 g/mol. The Morgan fingerprint density at radius 3 is 1.85 bits per heavy atom. The molecule has 80 heavy (non-hydrogen) atoms. The second-order valence-electron chi connectivity index (χ2n) is 20.1. The van der Waals surface area contributed by atoms with E-state index in [1.54, 1.807) is 51.5 Å². The monoisotopic (exact) mass is 1100 g/mol. The Labute approximate surface area is 463 Å². The number of aliphatic hydroxyl groups is 1. The van der Waals surface area contributed by atoms with E-state index >= 15 is 0 Å². The van der Waals surface area contributed by atoms with E-state index in [1.165, 1.54) is 38.0 Å². The molecule has 0 aliphatic carbocycles. The molecule has 17 nitrogen and oxygen atoms in total. The fraction of sp³-hybridized carbons (Fsp3) is 0.274. The van der Waals surface area contributed by atoms with Crippen LogP contribution in [0.2, 0.25) is 12.6 Å². The van der Waals surface area contributed by atoms with Gasteiger partial charge >= 0.3 is 11.4 Å². The number of hydrogen-bond acceptors (Lipinski definition) is 13. The molecule has 0 bridgehead atoms. The molecule has 2 fully saturated rings. The number of aromatic nitrogens is 4. The van der Waals surface area contributed by atoms with Crippen molar-refractivity contribution in [2.24, 2.45) is 0 Å². The van der Waals surface area contributed by atoms with Gasteiger partial charge in [-0.1, -0.05) is 150 Å². The Hall–Kier alpha value is -8.07. The SMILES string of the molecule is COc1ccc(C(O[C@H]2C[C@H](n3ccc(NC(=O)c4ccccc4)nc3=O)O[C@@H]2COC(OCC[Si](C)(c2ccccc2)c2ccccc2)[C@H]2O[C@@H](n3cc(C)c(=O)[nH]c3=O)C[C@@H]2O)(c2ccccc2)c2ccc(OC)cc2)cc1. The first-order valence-corrected chi connectivity index (χ1v) is 29.2. The van der Waals surface area contributed by atoms with E-state index in [0.29, 0.717) is 23.1 Å². The lowest BCUT2D eigenvalue weighted by atomic mass is 9.79. The van der Waals surface area contributed by atoms with Crippen LogP contribution in [0, 0.1) is 6.92 Å². The number of carbonyl (C=O) groups is 1. The number of nitrogens with one attached hydrogen (secondary N) is 2. The number of carbonyl (C=O) groups excluding carboxylic acids is 1. The van der Waals surface area contributed by atoms with Gasteiger partial charge in [0.15, 0.2) is 6.29 Å². The molecule has 1 amide bonds.